The highest BCUT2D eigenvalue weighted by Gasteiger charge is 2.52. The third-order valence-electron chi connectivity index (χ3n) is 3.84. The average Bonchev–Trinajstić information content (AvgIpc) is 2.38. The van der Waals surface area contributed by atoms with Crippen LogP contribution in [0.4, 0.5) is 0 Å². The number of fused-ring (bicyclic) bond motifs is 4. The number of esters is 1. The van der Waals surface area contributed by atoms with Gasteiger partial charge in [-0.2, -0.15) is 0 Å². The molecule has 3 unspecified atom stereocenters. The molecule has 106 valence electrons. The van der Waals surface area contributed by atoms with Crippen molar-refractivity contribution in [3.8, 4) is 5.75 Å². The molecular weight excluding hydrogens is 282 g/mol. The maximum Gasteiger partial charge on any atom is 0.318 e. The van der Waals surface area contributed by atoms with Crippen molar-refractivity contribution in [3.63, 3.8) is 0 Å². The minimum atomic E-state index is -0.866. The molecule has 1 saturated heterocycles. The molecule has 0 saturated carbocycles. The van der Waals surface area contributed by atoms with Gasteiger partial charge in [0.15, 0.2) is 5.72 Å². The van der Waals surface area contributed by atoms with Gasteiger partial charge in [-0.1, -0.05) is 11.6 Å². The Kier molecular flexibility index (Phi) is 2.90. The molecule has 2 heterocycles. The number of hydrogen-bond acceptors (Lipinski definition) is 4. The maximum atomic E-state index is 12.2. The number of ether oxygens (including phenoxy) is 2. The standard InChI is InChI=1S/C14H14ClNO4/c1-14-6-9(11(12(17)16-14)13(18)19-2)8-5-7(15)3-4-10(8)20-14/h3-5,9,11H,6H2,1-2H3,(H,16,17). The fourth-order valence-electron chi connectivity index (χ4n) is 3.01. The van der Waals surface area contributed by atoms with Gasteiger partial charge in [0, 0.05) is 22.9 Å². The highest BCUT2D eigenvalue weighted by Crippen LogP contribution is 2.47. The SMILES string of the molecule is COC(=O)C1C(=O)NC2(C)CC1c1cc(Cl)ccc1O2. The van der Waals surface area contributed by atoms with E-state index >= 15 is 0 Å². The fraction of sp³-hybridized carbons (Fsp3) is 0.429. The number of carbonyl (C=O) groups is 2. The van der Waals surface area contributed by atoms with Gasteiger partial charge in [-0.3, -0.25) is 9.59 Å². The van der Waals surface area contributed by atoms with Crippen LogP contribution in [0.2, 0.25) is 5.02 Å². The number of benzene rings is 1. The van der Waals surface area contributed by atoms with Crippen LogP contribution in [0.3, 0.4) is 0 Å². The molecular formula is C14H14ClNO4. The predicted molar refractivity (Wildman–Crippen MR) is 71.5 cm³/mol. The number of nitrogens with one attached hydrogen (secondary N) is 1. The fourth-order valence-corrected chi connectivity index (χ4v) is 3.19. The highest BCUT2D eigenvalue weighted by molar-refractivity contribution is 6.30. The van der Waals surface area contributed by atoms with Crippen LogP contribution in [-0.2, 0) is 14.3 Å². The average molecular weight is 296 g/mol. The van der Waals surface area contributed by atoms with Crippen LogP contribution in [0.15, 0.2) is 18.2 Å². The van der Waals surface area contributed by atoms with Crippen LogP contribution in [-0.4, -0.2) is 24.7 Å². The smallest absolute Gasteiger partial charge is 0.318 e. The first-order chi connectivity index (χ1) is 9.43. The second-order valence-electron chi connectivity index (χ2n) is 5.32. The Balaban J connectivity index is 2.12. The first-order valence-corrected chi connectivity index (χ1v) is 6.70. The van der Waals surface area contributed by atoms with Crippen LogP contribution in [0.1, 0.15) is 24.8 Å². The molecule has 1 aromatic carbocycles. The molecule has 1 aromatic rings. The van der Waals surface area contributed by atoms with Crippen molar-refractivity contribution in [2.75, 3.05) is 7.11 Å². The summed E-state index contributed by atoms with van der Waals surface area (Å²) in [6.45, 7) is 1.79. The summed E-state index contributed by atoms with van der Waals surface area (Å²) in [5.74, 6) is -1.43. The van der Waals surface area contributed by atoms with Gasteiger partial charge >= 0.3 is 5.97 Å². The van der Waals surface area contributed by atoms with Gasteiger partial charge in [0.05, 0.1) is 7.11 Å². The zero-order valence-corrected chi connectivity index (χ0v) is 11.9. The summed E-state index contributed by atoms with van der Waals surface area (Å²) in [5.41, 5.74) is -0.0205. The van der Waals surface area contributed by atoms with E-state index in [1.807, 2.05) is 0 Å². The second kappa shape index (κ2) is 4.38. The van der Waals surface area contributed by atoms with Crippen LogP contribution >= 0.6 is 11.6 Å². The minimum absolute atomic E-state index is 0.288. The lowest BCUT2D eigenvalue weighted by Crippen LogP contribution is -2.62. The van der Waals surface area contributed by atoms with E-state index in [4.69, 9.17) is 21.1 Å². The Morgan fingerprint density at radius 1 is 1.55 bits per heavy atom. The molecule has 1 fully saturated rings. The van der Waals surface area contributed by atoms with E-state index in [0.29, 0.717) is 17.2 Å². The zero-order chi connectivity index (χ0) is 14.5. The summed E-state index contributed by atoms with van der Waals surface area (Å²) >= 11 is 6.01. The van der Waals surface area contributed by atoms with Crippen molar-refractivity contribution in [1.82, 2.24) is 5.32 Å². The van der Waals surface area contributed by atoms with Gasteiger partial charge in [-0.15, -0.1) is 0 Å². The molecule has 2 bridgehead atoms. The molecule has 0 aliphatic carbocycles. The summed E-state index contributed by atoms with van der Waals surface area (Å²) in [7, 11) is 1.28. The van der Waals surface area contributed by atoms with E-state index in [1.165, 1.54) is 7.11 Å². The van der Waals surface area contributed by atoms with E-state index in [2.05, 4.69) is 5.32 Å². The maximum absolute atomic E-state index is 12.2. The summed E-state index contributed by atoms with van der Waals surface area (Å²) in [4.78, 5) is 24.1. The molecule has 3 atom stereocenters. The molecule has 20 heavy (non-hydrogen) atoms. The van der Waals surface area contributed by atoms with E-state index in [0.717, 1.165) is 5.56 Å². The predicted octanol–water partition coefficient (Wildman–Crippen LogP) is 1.84. The minimum Gasteiger partial charge on any atom is -0.468 e. The number of hydrogen-bond donors (Lipinski definition) is 1. The number of rotatable bonds is 1. The molecule has 3 rings (SSSR count). The number of piperidine rings is 1. The van der Waals surface area contributed by atoms with E-state index < -0.39 is 17.6 Å². The summed E-state index contributed by atoms with van der Waals surface area (Å²) in [5, 5.41) is 3.30. The van der Waals surface area contributed by atoms with Crippen molar-refractivity contribution in [2.45, 2.75) is 25.0 Å². The molecule has 0 spiro atoms. The first kappa shape index (κ1) is 13.2. The van der Waals surface area contributed by atoms with Gasteiger partial charge in [0.1, 0.15) is 11.7 Å². The van der Waals surface area contributed by atoms with E-state index in [9.17, 15) is 9.59 Å². The Morgan fingerprint density at radius 3 is 3.00 bits per heavy atom. The van der Waals surface area contributed by atoms with Crippen molar-refractivity contribution >= 4 is 23.5 Å². The zero-order valence-electron chi connectivity index (χ0n) is 11.1. The first-order valence-electron chi connectivity index (χ1n) is 6.32. The summed E-state index contributed by atoms with van der Waals surface area (Å²) in [6, 6.07) is 5.23. The number of amides is 1. The topological polar surface area (TPSA) is 64.6 Å². The van der Waals surface area contributed by atoms with Gasteiger partial charge in [0.25, 0.3) is 0 Å². The van der Waals surface area contributed by atoms with Crippen LogP contribution in [0.5, 0.6) is 5.75 Å². The third kappa shape index (κ3) is 1.93. The summed E-state index contributed by atoms with van der Waals surface area (Å²) < 4.78 is 10.6. The lowest BCUT2D eigenvalue weighted by molar-refractivity contribution is -0.158. The van der Waals surface area contributed by atoms with Crippen LogP contribution < -0.4 is 10.1 Å². The van der Waals surface area contributed by atoms with Gasteiger partial charge in [0.2, 0.25) is 5.91 Å². The third-order valence-corrected chi connectivity index (χ3v) is 4.08. The number of methoxy groups -OCH3 is 1. The molecule has 6 heteroatoms. The van der Waals surface area contributed by atoms with Gasteiger partial charge in [-0.25, -0.2) is 0 Å². The van der Waals surface area contributed by atoms with Gasteiger partial charge < -0.3 is 14.8 Å². The van der Waals surface area contributed by atoms with Crippen LogP contribution in [0, 0.1) is 5.92 Å². The van der Waals surface area contributed by atoms with Crippen molar-refractivity contribution in [1.29, 1.82) is 0 Å². The highest BCUT2D eigenvalue weighted by atomic mass is 35.5. The van der Waals surface area contributed by atoms with Crippen molar-refractivity contribution in [3.05, 3.63) is 28.8 Å². The Hall–Kier alpha value is -1.75. The lowest BCUT2D eigenvalue weighted by atomic mass is 9.75. The van der Waals surface area contributed by atoms with E-state index in [-0.39, 0.29) is 11.8 Å². The molecule has 2 aliphatic rings. The summed E-state index contributed by atoms with van der Waals surface area (Å²) in [6.07, 6.45) is 0.506. The largest absolute Gasteiger partial charge is 0.468 e. The number of halogens is 1. The van der Waals surface area contributed by atoms with E-state index in [1.54, 1.807) is 25.1 Å². The molecule has 0 radical (unpaired) electrons. The molecule has 1 amide bonds. The quantitative estimate of drug-likeness (QED) is 0.634. The molecule has 5 nitrogen and oxygen atoms in total. The molecule has 2 aliphatic heterocycles. The van der Waals surface area contributed by atoms with Gasteiger partial charge in [-0.05, 0) is 25.1 Å². The van der Waals surface area contributed by atoms with Crippen LogP contribution in [0.25, 0.3) is 0 Å². The second-order valence-corrected chi connectivity index (χ2v) is 5.75. The lowest BCUT2D eigenvalue weighted by Gasteiger charge is -2.46. The Bertz CT molecular complexity index is 603. The Morgan fingerprint density at radius 2 is 2.30 bits per heavy atom. The molecule has 0 aromatic heterocycles. The Labute approximate surface area is 121 Å². The normalized spacial score (nSPS) is 30.9. The molecule has 1 N–H and O–H groups in total. The van der Waals surface area contributed by atoms with Crippen molar-refractivity contribution in [2.24, 2.45) is 5.92 Å². The van der Waals surface area contributed by atoms with Crippen molar-refractivity contribution < 1.29 is 19.1 Å². The number of carbonyl (C=O) groups excluding carboxylic acids is 2. The monoisotopic (exact) mass is 295 g/mol.